The van der Waals surface area contributed by atoms with E-state index in [1.165, 1.54) is 16.6 Å². The zero-order chi connectivity index (χ0) is 19.9. The third-order valence-electron chi connectivity index (χ3n) is 4.68. The van der Waals surface area contributed by atoms with Crippen molar-refractivity contribution in [2.24, 2.45) is 0 Å². The maximum absolute atomic E-state index is 12.5. The van der Waals surface area contributed by atoms with Crippen molar-refractivity contribution in [3.8, 4) is 0 Å². The molecule has 0 atom stereocenters. The molecule has 1 aliphatic rings. The maximum atomic E-state index is 12.5. The number of amides is 1. The first kappa shape index (κ1) is 19.2. The third-order valence-corrected chi connectivity index (χ3v) is 6.74. The van der Waals surface area contributed by atoms with Gasteiger partial charge in [-0.3, -0.25) is 14.9 Å². The van der Waals surface area contributed by atoms with Crippen molar-refractivity contribution in [1.29, 1.82) is 0 Å². The molecule has 4 rings (SSSR count). The molecule has 0 fully saturated rings. The zero-order valence-corrected chi connectivity index (χ0v) is 17.7. The molecule has 0 aromatic carbocycles. The van der Waals surface area contributed by atoms with Gasteiger partial charge in [0.15, 0.2) is 5.16 Å². The fourth-order valence-corrected chi connectivity index (χ4v) is 5.19. The van der Waals surface area contributed by atoms with Crippen molar-refractivity contribution in [3.05, 3.63) is 32.6 Å². The Bertz CT molecular complexity index is 1090. The van der Waals surface area contributed by atoms with Crippen LogP contribution in [-0.4, -0.2) is 26.8 Å². The molecule has 9 heteroatoms. The van der Waals surface area contributed by atoms with E-state index in [9.17, 15) is 9.59 Å². The molecular weight excluding hydrogens is 396 g/mol. The second-order valence-corrected chi connectivity index (χ2v) is 9.97. The molecule has 0 saturated heterocycles. The molecule has 2 N–H and O–H groups in total. The first-order valence-electron chi connectivity index (χ1n) is 9.25. The fourth-order valence-electron chi connectivity index (χ4n) is 3.21. The highest BCUT2D eigenvalue weighted by Crippen LogP contribution is 2.34. The van der Waals surface area contributed by atoms with Crippen LogP contribution in [-0.2, 0) is 23.1 Å². The highest BCUT2D eigenvalue weighted by molar-refractivity contribution is 7.99. The lowest BCUT2D eigenvalue weighted by atomic mass is 9.92. The predicted molar refractivity (Wildman–Crippen MR) is 111 cm³/mol. The van der Waals surface area contributed by atoms with E-state index in [2.05, 4.69) is 20.4 Å². The number of aromatic nitrogens is 3. The topological polar surface area (TPSA) is 101 Å². The van der Waals surface area contributed by atoms with Crippen LogP contribution in [0.15, 0.2) is 20.5 Å². The first-order valence-corrected chi connectivity index (χ1v) is 11.1. The molecular formula is C19H22N4O3S2. The molecule has 0 unspecified atom stereocenters. The average molecular weight is 419 g/mol. The van der Waals surface area contributed by atoms with Crippen LogP contribution in [0.4, 0.5) is 5.88 Å². The van der Waals surface area contributed by atoms with Gasteiger partial charge >= 0.3 is 0 Å². The van der Waals surface area contributed by atoms with Crippen LogP contribution in [0.2, 0.25) is 0 Å². The third kappa shape index (κ3) is 3.86. The fraction of sp³-hybridized carbons (Fsp3) is 0.474. The van der Waals surface area contributed by atoms with Crippen molar-refractivity contribution >= 4 is 45.1 Å². The lowest BCUT2D eigenvalue weighted by molar-refractivity contribution is -0.113. The number of nitrogens with zero attached hydrogens (tertiary/aromatic N) is 2. The Kier molecular flexibility index (Phi) is 5.05. The van der Waals surface area contributed by atoms with Crippen LogP contribution in [0.25, 0.3) is 10.2 Å². The molecule has 0 bridgehead atoms. The van der Waals surface area contributed by atoms with Crippen LogP contribution in [0.1, 0.15) is 49.7 Å². The predicted octanol–water partition coefficient (Wildman–Crippen LogP) is 3.88. The summed E-state index contributed by atoms with van der Waals surface area (Å²) >= 11 is 2.80. The van der Waals surface area contributed by atoms with E-state index in [0.29, 0.717) is 11.0 Å². The second kappa shape index (κ2) is 7.36. The number of hydrogen-bond acceptors (Lipinski definition) is 7. The molecule has 3 aromatic rings. The van der Waals surface area contributed by atoms with Crippen molar-refractivity contribution in [3.63, 3.8) is 0 Å². The molecule has 0 radical (unpaired) electrons. The smallest absolute Gasteiger partial charge is 0.260 e. The largest absolute Gasteiger partial charge is 0.338 e. The molecule has 0 saturated carbocycles. The summed E-state index contributed by atoms with van der Waals surface area (Å²) in [4.78, 5) is 34.2. The number of aromatic amines is 1. The molecule has 1 aliphatic carbocycles. The molecule has 148 valence electrons. The van der Waals surface area contributed by atoms with Crippen molar-refractivity contribution < 1.29 is 9.32 Å². The summed E-state index contributed by atoms with van der Waals surface area (Å²) in [5.74, 6) is 0.193. The Morgan fingerprint density at radius 3 is 2.89 bits per heavy atom. The van der Waals surface area contributed by atoms with E-state index >= 15 is 0 Å². The Hall–Kier alpha value is -2.13. The average Bonchev–Trinajstić information content (AvgIpc) is 3.24. The van der Waals surface area contributed by atoms with Gasteiger partial charge in [-0.1, -0.05) is 37.7 Å². The number of rotatable bonds is 4. The van der Waals surface area contributed by atoms with Gasteiger partial charge in [0.2, 0.25) is 11.8 Å². The number of fused-ring (bicyclic) bond motifs is 3. The highest BCUT2D eigenvalue weighted by Gasteiger charge is 2.21. The number of aryl methyl sites for hydroxylation is 2. The number of H-pyrrole nitrogens is 1. The van der Waals surface area contributed by atoms with Crippen molar-refractivity contribution in [2.75, 3.05) is 11.1 Å². The Morgan fingerprint density at radius 1 is 1.36 bits per heavy atom. The van der Waals surface area contributed by atoms with Crippen LogP contribution < -0.4 is 10.9 Å². The van der Waals surface area contributed by atoms with E-state index in [0.717, 1.165) is 47.2 Å². The van der Waals surface area contributed by atoms with Gasteiger partial charge in [0.05, 0.1) is 16.8 Å². The van der Waals surface area contributed by atoms with E-state index < -0.39 is 0 Å². The van der Waals surface area contributed by atoms with Crippen LogP contribution in [0.3, 0.4) is 0 Å². The van der Waals surface area contributed by atoms with E-state index in [-0.39, 0.29) is 22.6 Å². The SMILES string of the molecule is CC(C)(C)c1cc(NC(=O)CSc2nc3sc4c(c3c(=O)[nH]2)CCCC4)on1. The van der Waals surface area contributed by atoms with Gasteiger partial charge in [0.25, 0.3) is 5.56 Å². The Balaban J connectivity index is 1.44. The molecule has 0 spiro atoms. The van der Waals surface area contributed by atoms with Gasteiger partial charge in [-0.2, -0.15) is 0 Å². The molecule has 28 heavy (non-hydrogen) atoms. The van der Waals surface area contributed by atoms with Crippen LogP contribution in [0.5, 0.6) is 0 Å². The minimum Gasteiger partial charge on any atom is -0.338 e. The number of thiophene rings is 1. The number of carbonyl (C=O) groups excluding carboxylic acids is 1. The molecule has 3 heterocycles. The number of anilines is 1. The highest BCUT2D eigenvalue weighted by atomic mass is 32.2. The van der Waals surface area contributed by atoms with Crippen LogP contribution >= 0.6 is 23.1 Å². The Morgan fingerprint density at radius 2 is 2.14 bits per heavy atom. The van der Waals surface area contributed by atoms with Gasteiger partial charge in [0.1, 0.15) is 4.83 Å². The van der Waals surface area contributed by atoms with E-state index in [4.69, 9.17) is 4.52 Å². The number of hydrogen-bond donors (Lipinski definition) is 2. The standard InChI is InChI=1S/C19H22N4O3S2/c1-19(2,3)12-8-14(26-23-12)20-13(24)9-27-18-21-16(25)15-10-6-4-5-7-11(10)28-17(15)22-18/h8H,4-7,9H2,1-3H3,(H,20,24)(H,21,22,25). The monoisotopic (exact) mass is 418 g/mol. The lowest BCUT2D eigenvalue weighted by Crippen LogP contribution is -2.15. The minimum atomic E-state index is -0.241. The maximum Gasteiger partial charge on any atom is 0.260 e. The van der Waals surface area contributed by atoms with Gasteiger partial charge in [0, 0.05) is 16.4 Å². The Labute approximate surface area is 170 Å². The van der Waals surface area contributed by atoms with Gasteiger partial charge < -0.3 is 9.51 Å². The van der Waals surface area contributed by atoms with Gasteiger partial charge in [-0.05, 0) is 31.2 Å². The number of thioether (sulfide) groups is 1. The summed E-state index contributed by atoms with van der Waals surface area (Å²) in [6.45, 7) is 6.06. The summed E-state index contributed by atoms with van der Waals surface area (Å²) in [5, 5.41) is 7.86. The summed E-state index contributed by atoms with van der Waals surface area (Å²) in [5.41, 5.74) is 1.67. The summed E-state index contributed by atoms with van der Waals surface area (Å²) in [7, 11) is 0. The summed E-state index contributed by atoms with van der Waals surface area (Å²) in [6.07, 6.45) is 4.25. The van der Waals surface area contributed by atoms with Gasteiger partial charge in [-0.25, -0.2) is 4.98 Å². The van der Waals surface area contributed by atoms with E-state index in [1.54, 1.807) is 17.4 Å². The van der Waals surface area contributed by atoms with Crippen molar-refractivity contribution in [1.82, 2.24) is 15.1 Å². The lowest BCUT2D eigenvalue weighted by Gasteiger charge is -2.12. The van der Waals surface area contributed by atoms with Gasteiger partial charge in [-0.15, -0.1) is 11.3 Å². The number of carbonyl (C=O) groups is 1. The number of nitrogens with one attached hydrogen (secondary N) is 2. The quantitative estimate of drug-likeness (QED) is 0.493. The first-order chi connectivity index (χ1) is 13.3. The molecule has 0 aliphatic heterocycles. The summed E-state index contributed by atoms with van der Waals surface area (Å²) in [6, 6.07) is 1.73. The molecule has 7 nitrogen and oxygen atoms in total. The zero-order valence-electron chi connectivity index (χ0n) is 16.0. The van der Waals surface area contributed by atoms with E-state index in [1.807, 2.05) is 20.8 Å². The van der Waals surface area contributed by atoms with Crippen molar-refractivity contribution in [2.45, 2.75) is 57.0 Å². The normalized spacial score (nSPS) is 14.2. The second-order valence-electron chi connectivity index (χ2n) is 7.93. The molecule has 3 aromatic heterocycles. The molecule has 1 amide bonds. The summed E-state index contributed by atoms with van der Waals surface area (Å²) < 4.78 is 5.17. The minimum absolute atomic E-state index is 0.114. The van der Waals surface area contributed by atoms with Crippen LogP contribution in [0, 0.1) is 0 Å².